The molecule has 12 rings (SSSR count). The number of hydrogen-bond acceptors (Lipinski definition) is 6. The lowest BCUT2D eigenvalue weighted by Crippen LogP contribution is -2.00. The van der Waals surface area contributed by atoms with Crippen LogP contribution in [-0.4, -0.2) is 19.9 Å². The summed E-state index contributed by atoms with van der Waals surface area (Å²) in [5.74, 6) is 2.50. The quantitative estimate of drug-likeness (QED) is 0.169. The molecular formula is C50H28N4OS. The first-order valence-corrected chi connectivity index (χ1v) is 19.4. The first-order chi connectivity index (χ1) is 27.7. The number of rotatable bonds is 4. The summed E-state index contributed by atoms with van der Waals surface area (Å²) in [7, 11) is 0. The van der Waals surface area contributed by atoms with Crippen LogP contribution in [0.3, 0.4) is 0 Å². The molecule has 3 aromatic heterocycles. The molecule has 0 fully saturated rings. The van der Waals surface area contributed by atoms with Crippen LogP contribution in [0.1, 0.15) is 0 Å². The standard InChI is InChI=1S/C50H28N4OS/c1-2-10-32(11-3-1)50-51-41-25-22-31-19-18-30-21-24-36-38(44(30)45(31)46(41)55-50)14-8-15-39(36)49-53-47(34-20-17-29-9-4-5-12-33(29)27-34)52-48(54-49)35-23-26-43-40(28-35)37-13-6-7-16-42(37)56-43/h1-28H. The molecular weight excluding hydrogens is 705 g/mol. The summed E-state index contributed by atoms with van der Waals surface area (Å²) in [6.45, 7) is 0. The predicted octanol–water partition coefficient (Wildman–Crippen LogP) is 13.7. The minimum Gasteiger partial charge on any atom is -0.435 e. The van der Waals surface area contributed by atoms with E-state index in [0.717, 1.165) is 71.1 Å². The Hall–Kier alpha value is -7.28. The predicted molar refractivity (Wildman–Crippen MR) is 232 cm³/mol. The van der Waals surface area contributed by atoms with Gasteiger partial charge in [-0.3, -0.25) is 0 Å². The summed E-state index contributed by atoms with van der Waals surface area (Å²) in [6, 6.07) is 59.3. The molecule has 0 aliphatic rings. The minimum absolute atomic E-state index is 0.610. The van der Waals surface area contributed by atoms with Gasteiger partial charge in [0.25, 0.3) is 0 Å². The third-order valence-electron chi connectivity index (χ3n) is 10.9. The fraction of sp³-hybridized carbons (Fsp3) is 0. The number of thiophene rings is 1. The highest BCUT2D eigenvalue weighted by Gasteiger charge is 2.19. The van der Waals surface area contributed by atoms with Gasteiger partial charge in [-0.05, 0) is 80.8 Å². The van der Waals surface area contributed by atoms with Crippen LogP contribution in [0.15, 0.2) is 174 Å². The number of aromatic nitrogens is 4. The van der Waals surface area contributed by atoms with Gasteiger partial charge in [0.05, 0.1) is 0 Å². The van der Waals surface area contributed by atoms with Crippen LogP contribution >= 0.6 is 11.3 Å². The van der Waals surface area contributed by atoms with Crippen molar-refractivity contribution >= 4 is 85.7 Å². The maximum Gasteiger partial charge on any atom is 0.227 e. The van der Waals surface area contributed by atoms with Gasteiger partial charge >= 0.3 is 0 Å². The summed E-state index contributed by atoms with van der Waals surface area (Å²) in [5.41, 5.74) is 5.38. The van der Waals surface area contributed by atoms with Gasteiger partial charge in [-0.2, -0.15) is 0 Å². The highest BCUT2D eigenvalue weighted by molar-refractivity contribution is 7.25. The lowest BCUT2D eigenvalue weighted by Gasteiger charge is -2.13. The average Bonchev–Trinajstić information content (AvgIpc) is 3.88. The van der Waals surface area contributed by atoms with E-state index in [4.69, 9.17) is 24.4 Å². The molecule has 0 atom stereocenters. The zero-order chi connectivity index (χ0) is 36.7. The van der Waals surface area contributed by atoms with Crippen molar-refractivity contribution in [2.45, 2.75) is 0 Å². The molecule has 0 unspecified atom stereocenters. The molecule has 56 heavy (non-hydrogen) atoms. The number of fused-ring (bicyclic) bond motifs is 11. The Morgan fingerprint density at radius 3 is 1.93 bits per heavy atom. The molecule has 0 saturated carbocycles. The molecule has 0 aliphatic heterocycles. The third kappa shape index (κ3) is 4.86. The second-order valence-corrected chi connectivity index (χ2v) is 15.3. The molecule has 0 radical (unpaired) electrons. The zero-order valence-corrected chi connectivity index (χ0v) is 30.6. The third-order valence-corrected chi connectivity index (χ3v) is 12.1. The fourth-order valence-corrected chi connectivity index (χ4v) is 9.31. The van der Waals surface area contributed by atoms with E-state index >= 15 is 0 Å². The van der Waals surface area contributed by atoms with Crippen molar-refractivity contribution in [2.24, 2.45) is 0 Å². The number of hydrogen-bond donors (Lipinski definition) is 0. The Bertz CT molecular complexity index is 3550. The van der Waals surface area contributed by atoms with E-state index in [1.807, 2.05) is 36.4 Å². The molecule has 0 N–H and O–H groups in total. The first kappa shape index (κ1) is 31.1. The van der Waals surface area contributed by atoms with E-state index in [0.29, 0.717) is 23.4 Å². The highest BCUT2D eigenvalue weighted by Crippen LogP contribution is 2.41. The maximum atomic E-state index is 6.61. The molecule has 0 bridgehead atoms. The second-order valence-electron chi connectivity index (χ2n) is 14.2. The van der Waals surface area contributed by atoms with Gasteiger partial charge in [0, 0.05) is 53.2 Å². The Morgan fingerprint density at radius 1 is 0.375 bits per heavy atom. The maximum absolute atomic E-state index is 6.61. The van der Waals surface area contributed by atoms with E-state index in [1.165, 1.54) is 25.6 Å². The summed E-state index contributed by atoms with van der Waals surface area (Å²) >= 11 is 1.81. The summed E-state index contributed by atoms with van der Waals surface area (Å²) in [6.07, 6.45) is 0. The van der Waals surface area contributed by atoms with Gasteiger partial charge in [0.15, 0.2) is 23.1 Å². The van der Waals surface area contributed by atoms with Crippen molar-refractivity contribution < 1.29 is 4.42 Å². The van der Waals surface area contributed by atoms with Crippen molar-refractivity contribution in [3.8, 4) is 45.6 Å². The van der Waals surface area contributed by atoms with E-state index in [9.17, 15) is 0 Å². The Morgan fingerprint density at radius 2 is 1.04 bits per heavy atom. The van der Waals surface area contributed by atoms with E-state index in [2.05, 4.69) is 133 Å². The van der Waals surface area contributed by atoms with E-state index in [1.54, 1.807) is 11.3 Å². The molecule has 0 saturated heterocycles. The van der Waals surface area contributed by atoms with Crippen LogP contribution in [0, 0.1) is 0 Å². The van der Waals surface area contributed by atoms with Crippen molar-refractivity contribution in [3.63, 3.8) is 0 Å². The Labute approximate surface area is 324 Å². The van der Waals surface area contributed by atoms with E-state index < -0.39 is 0 Å². The Balaban J connectivity index is 1.11. The average molecular weight is 733 g/mol. The summed E-state index contributed by atoms with van der Waals surface area (Å²) in [5, 5.41) is 11.3. The first-order valence-electron chi connectivity index (χ1n) is 18.6. The normalized spacial score (nSPS) is 11.9. The van der Waals surface area contributed by atoms with Crippen LogP contribution in [0.5, 0.6) is 0 Å². The largest absolute Gasteiger partial charge is 0.435 e. The topological polar surface area (TPSA) is 64.7 Å². The smallest absolute Gasteiger partial charge is 0.227 e. The number of nitrogens with zero attached hydrogens (tertiary/aromatic N) is 4. The lowest BCUT2D eigenvalue weighted by molar-refractivity contribution is 0.623. The van der Waals surface area contributed by atoms with Gasteiger partial charge in [-0.25, -0.2) is 19.9 Å². The summed E-state index contributed by atoms with van der Waals surface area (Å²) < 4.78 is 9.11. The molecule has 5 nitrogen and oxygen atoms in total. The number of benzene rings is 9. The molecule has 6 heteroatoms. The monoisotopic (exact) mass is 732 g/mol. The van der Waals surface area contributed by atoms with Crippen molar-refractivity contribution in [1.29, 1.82) is 0 Å². The van der Waals surface area contributed by atoms with E-state index in [-0.39, 0.29) is 0 Å². The van der Waals surface area contributed by atoms with Gasteiger partial charge in [0.1, 0.15) is 5.52 Å². The van der Waals surface area contributed by atoms with Crippen LogP contribution in [-0.2, 0) is 0 Å². The molecule has 0 amide bonds. The van der Waals surface area contributed by atoms with Crippen molar-refractivity contribution in [1.82, 2.24) is 19.9 Å². The van der Waals surface area contributed by atoms with Gasteiger partial charge in [0.2, 0.25) is 5.89 Å². The number of oxazole rings is 1. The fourth-order valence-electron chi connectivity index (χ4n) is 8.22. The highest BCUT2D eigenvalue weighted by atomic mass is 32.1. The van der Waals surface area contributed by atoms with Crippen LogP contribution in [0.4, 0.5) is 0 Å². The zero-order valence-electron chi connectivity index (χ0n) is 29.8. The molecule has 260 valence electrons. The van der Waals surface area contributed by atoms with Crippen LogP contribution in [0.25, 0.3) is 120 Å². The molecule has 0 spiro atoms. The SMILES string of the molecule is c1ccc(-c2nc3ccc4ccc5ccc6c(-c7nc(-c8ccc9ccccc9c8)nc(-c8ccc9sc%10ccccc%10c9c8)n7)cccc6c5c4c3o2)cc1. The lowest BCUT2D eigenvalue weighted by atomic mass is 9.93. The van der Waals surface area contributed by atoms with Crippen molar-refractivity contribution in [3.05, 3.63) is 170 Å². The van der Waals surface area contributed by atoms with Gasteiger partial charge in [-0.1, -0.05) is 121 Å². The minimum atomic E-state index is 0.610. The van der Waals surface area contributed by atoms with Crippen LogP contribution < -0.4 is 0 Å². The molecule has 3 heterocycles. The second kappa shape index (κ2) is 12.1. The summed E-state index contributed by atoms with van der Waals surface area (Å²) in [4.78, 5) is 20.6. The Kier molecular flexibility index (Phi) is 6.73. The van der Waals surface area contributed by atoms with Crippen LogP contribution in [0.2, 0.25) is 0 Å². The molecule has 0 aliphatic carbocycles. The molecule has 9 aromatic carbocycles. The van der Waals surface area contributed by atoms with Gasteiger partial charge < -0.3 is 4.42 Å². The molecule has 12 aromatic rings. The van der Waals surface area contributed by atoms with Crippen molar-refractivity contribution in [2.75, 3.05) is 0 Å². The van der Waals surface area contributed by atoms with Gasteiger partial charge in [-0.15, -0.1) is 11.3 Å².